The average Bonchev–Trinajstić information content (AvgIpc) is 2.96. The molecule has 1 aromatic heterocycles. The first-order valence-corrected chi connectivity index (χ1v) is 8.47. The molecule has 2 heterocycles. The van der Waals surface area contributed by atoms with Crippen LogP contribution in [0.5, 0.6) is 5.75 Å². The summed E-state index contributed by atoms with van der Waals surface area (Å²) in [5.74, 6) is 1.35. The fraction of sp³-hybridized carbons (Fsp3) is 0.222. The molecule has 23 heavy (non-hydrogen) atoms. The molecule has 4 nitrogen and oxygen atoms in total. The van der Waals surface area contributed by atoms with E-state index in [1.54, 1.807) is 0 Å². The van der Waals surface area contributed by atoms with Crippen LogP contribution in [0.25, 0.3) is 11.1 Å². The number of ether oxygens (including phenoxy) is 1. The van der Waals surface area contributed by atoms with E-state index >= 15 is 0 Å². The van der Waals surface area contributed by atoms with Crippen molar-refractivity contribution in [2.24, 2.45) is 0 Å². The molecule has 0 saturated carbocycles. The highest BCUT2D eigenvalue weighted by molar-refractivity contribution is 7.99. The molecule has 1 aliphatic heterocycles. The number of oxazole rings is 1. The Labute approximate surface area is 137 Å². The van der Waals surface area contributed by atoms with Gasteiger partial charge in [0.15, 0.2) is 5.58 Å². The topological polar surface area (TPSA) is 52.3 Å². The highest BCUT2D eigenvalue weighted by Gasteiger charge is 2.27. The van der Waals surface area contributed by atoms with Crippen LogP contribution in [0, 0.1) is 6.92 Å². The SMILES string of the molecule is Cc1ccc2c(c1)C(CSc1nc3ccccc3o1)CC(=O)O2. The molecule has 0 spiro atoms. The standard InChI is InChI=1S/C18H15NO3S/c1-11-6-7-15-13(8-11)12(9-17(20)21-15)10-23-18-19-14-4-2-3-5-16(14)22-18/h2-8,12H,9-10H2,1H3. The summed E-state index contributed by atoms with van der Waals surface area (Å²) in [5, 5.41) is 0.638. The number of carbonyl (C=O) groups excluding carboxylic acids is 1. The van der Waals surface area contributed by atoms with E-state index in [-0.39, 0.29) is 11.9 Å². The average molecular weight is 325 g/mol. The molecule has 0 saturated heterocycles. The van der Waals surface area contributed by atoms with Crippen LogP contribution in [0.2, 0.25) is 0 Å². The lowest BCUT2D eigenvalue weighted by Gasteiger charge is -2.24. The molecule has 1 atom stereocenters. The highest BCUT2D eigenvalue weighted by atomic mass is 32.2. The lowest BCUT2D eigenvalue weighted by molar-refractivity contribution is -0.135. The summed E-state index contributed by atoms with van der Waals surface area (Å²) < 4.78 is 11.1. The third-order valence-electron chi connectivity index (χ3n) is 3.92. The molecule has 5 heteroatoms. The summed E-state index contributed by atoms with van der Waals surface area (Å²) in [4.78, 5) is 16.3. The zero-order valence-corrected chi connectivity index (χ0v) is 13.4. The largest absolute Gasteiger partial charge is 0.431 e. The Hall–Kier alpha value is -2.27. The fourth-order valence-corrected chi connectivity index (χ4v) is 3.74. The highest BCUT2D eigenvalue weighted by Crippen LogP contribution is 2.38. The summed E-state index contributed by atoms with van der Waals surface area (Å²) in [6.45, 7) is 2.04. The van der Waals surface area contributed by atoms with Crippen LogP contribution < -0.4 is 4.74 Å². The van der Waals surface area contributed by atoms with Gasteiger partial charge >= 0.3 is 5.97 Å². The van der Waals surface area contributed by atoms with E-state index in [0.29, 0.717) is 17.4 Å². The van der Waals surface area contributed by atoms with Crippen LogP contribution in [0.15, 0.2) is 52.1 Å². The van der Waals surface area contributed by atoms with Crippen LogP contribution in [-0.4, -0.2) is 16.7 Å². The van der Waals surface area contributed by atoms with Crippen LogP contribution in [-0.2, 0) is 4.79 Å². The van der Waals surface area contributed by atoms with E-state index in [1.165, 1.54) is 17.3 Å². The van der Waals surface area contributed by atoms with Gasteiger partial charge in [0.2, 0.25) is 0 Å². The third kappa shape index (κ3) is 2.84. The van der Waals surface area contributed by atoms with Crippen molar-refractivity contribution in [3.05, 3.63) is 53.6 Å². The van der Waals surface area contributed by atoms with Gasteiger partial charge in [-0.25, -0.2) is 4.98 Å². The second-order valence-electron chi connectivity index (χ2n) is 5.67. The van der Waals surface area contributed by atoms with E-state index in [9.17, 15) is 4.79 Å². The molecular formula is C18H15NO3S. The molecule has 0 aliphatic carbocycles. The van der Waals surface area contributed by atoms with Gasteiger partial charge in [-0.2, -0.15) is 0 Å². The normalized spacial score (nSPS) is 17.1. The summed E-state index contributed by atoms with van der Waals surface area (Å²) in [5.41, 5.74) is 3.90. The molecule has 4 rings (SSSR count). The van der Waals surface area contributed by atoms with Gasteiger partial charge in [0, 0.05) is 11.7 Å². The quantitative estimate of drug-likeness (QED) is 0.408. The number of aryl methyl sites for hydroxylation is 1. The second-order valence-corrected chi connectivity index (χ2v) is 6.65. The molecule has 0 amide bonds. The molecule has 0 fully saturated rings. The zero-order valence-electron chi connectivity index (χ0n) is 12.6. The van der Waals surface area contributed by atoms with E-state index < -0.39 is 0 Å². The molecule has 1 unspecified atom stereocenters. The number of fused-ring (bicyclic) bond motifs is 2. The summed E-state index contributed by atoms with van der Waals surface area (Å²) in [6.07, 6.45) is 0.393. The number of hydrogen-bond acceptors (Lipinski definition) is 5. The first-order chi connectivity index (χ1) is 11.2. The van der Waals surface area contributed by atoms with Gasteiger partial charge in [0.25, 0.3) is 5.22 Å². The molecule has 1 aliphatic rings. The number of aromatic nitrogens is 1. The van der Waals surface area contributed by atoms with Crippen molar-refractivity contribution in [3.63, 3.8) is 0 Å². The molecule has 3 aromatic rings. The first kappa shape index (κ1) is 14.3. The number of carbonyl (C=O) groups is 1. The second kappa shape index (κ2) is 5.74. The summed E-state index contributed by atoms with van der Waals surface area (Å²) in [7, 11) is 0. The lowest BCUT2D eigenvalue weighted by atomic mass is 9.93. The molecular weight excluding hydrogens is 310 g/mol. The van der Waals surface area contributed by atoms with Gasteiger partial charge in [-0.05, 0) is 30.7 Å². The Bertz CT molecular complexity index is 854. The number of benzene rings is 2. The maximum absolute atomic E-state index is 11.8. The Morgan fingerprint density at radius 2 is 2.13 bits per heavy atom. The van der Waals surface area contributed by atoms with Crippen molar-refractivity contribution in [2.45, 2.75) is 24.5 Å². The van der Waals surface area contributed by atoms with Gasteiger partial charge in [-0.3, -0.25) is 4.79 Å². The number of esters is 1. The van der Waals surface area contributed by atoms with Crippen molar-refractivity contribution >= 4 is 28.8 Å². The van der Waals surface area contributed by atoms with Gasteiger partial charge in [-0.15, -0.1) is 0 Å². The van der Waals surface area contributed by atoms with Crippen LogP contribution in [0.1, 0.15) is 23.5 Å². The molecule has 116 valence electrons. The first-order valence-electron chi connectivity index (χ1n) is 7.48. The van der Waals surface area contributed by atoms with Crippen LogP contribution >= 0.6 is 11.8 Å². The monoisotopic (exact) mass is 325 g/mol. The smallest absolute Gasteiger partial charge is 0.311 e. The van der Waals surface area contributed by atoms with Crippen LogP contribution in [0.3, 0.4) is 0 Å². The van der Waals surface area contributed by atoms with Crippen molar-refractivity contribution in [3.8, 4) is 5.75 Å². The van der Waals surface area contributed by atoms with E-state index in [0.717, 1.165) is 22.4 Å². The van der Waals surface area contributed by atoms with Crippen molar-refractivity contribution < 1.29 is 13.9 Å². The molecule has 0 radical (unpaired) electrons. The maximum atomic E-state index is 11.8. The number of nitrogens with zero attached hydrogens (tertiary/aromatic N) is 1. The minimum atomic E-state index is -0.176. The third-order valence-corrected chi connectivity index (χ3v) is 4.91. The summed E-state index contributed by atoms with van der Waals surface area (Å²) >= 11 is 1.54. The molecule has 2 aromatic carbocycles. The van der Waals surface area contributed by atoms with Crippen molar-refractivity contribution in [1.82, 2.24) is 4.98 Å². The minimum Gasteiger partial charge on any atom is -0.431 e. The Morgan fingerprint density at radius 1 is 1.26 bits per heavy atom. The van der Waals surface area contributed by atoms with Crippen LogP contribution in [0.4, 0.5) is 0 Å². The van der Waals surface area contributed by atoms with E-state index in [2.05, 4.69) is 11.1 Å². The van der Waals surface area contributed by atoms with Gasteiger partial charge < -0.3 is 9.15 Å². The van der Waals surface area contributed by atoms with E-state index in [1.807, 2.05) is 43.3 Å². The van der Waals surface area contributed by atoms with Gasteiger partial charge in [0.05, 0.1) is 6.42 Å². The number of thioether (sulfide) groups is 1. The summed E-state index contributed by atoms with van der Waals surface area (Å²) in [6, 6.07) is 13.6. The lowest BCUT2D eigenvalue weighted by Crippen LogP contribution is -2.21. The van der Waals surface area contributed by atoms with Gasteiger partial charge in [-0.1, -0.05) is 41.6 Å². The van der Waals surface area contributed by atoms with Crippen molar-refractivity contribution in [2.75, 3.05) is 5.75 Å². The predicted molar refractivity (Wildman–Crippen MR) is 88.9 cm³/mol. The van der Waals surface area contributed by atoms with E-state index in [4.69, 9.17) is 9.15 Å². The zero-order chi connectivity index (χ0) is 15.8. The predicted octanol–water partition coefficient (Wildman–Crippen LogP) is 4.32. The Balaban J connectivity index is 1.57. The Morgan fingerprint density at radius 3 is 3.00 bits per heavy atom. The minimum absolute atomic E-state index is 0.117. The van der Waals surface area contributed by atoms with Gasteiger partial charge in [0.1, 0.15) is 11.3 Å². The number of hydrogen-bond donors (Lipinski definition) is 0. The fourth-order valence-electron chi connectivity index (χ4n) is 2.79. The molecule has 0 N–H and O–H groups in total. The molecule has 0 bridgehead atoms. The number of rotatable bonds is 3. The number of para-hydroxylation sites is 2. The maximum Gasteiger partial charge on any atom is 0.311 e. The Kier molecular flexibility index (Phi) is 3.58. The van der Waals surface area contributed by atoms with Crippen molar-refractivity contribution in [1.29, 1.82) is 0 Å².